The number of hydrogen-bond acceptors (Lipinski definition) is 3. The van der Waals surface area contributed by atoms with E-state index in [4.69, 9.17) is 4.74 Å². The van der Waals surface area contributed by atoms with Crippen molar-refractivity contribution in [2.75, 3.05) is 6.61 Å². The molecule has 0 aromatic heterocycles. The summed E-state index contributed by atoms with van der Waals surface area (Å²) in [7, 11) is 0. The van der Waals surface area contributed by atoms with Gasteiger partial charge in [0.2, 0.25) is 5.91 Å². The summed E-state index contributed by atoms with van der Waals surface area (Å²) in [6.45, 7) is 6.57. The number of ether oxygens (including phenoxy) is 1. The van der Waals surface area contributed by atoms with Crippen molar-refractivity contribution in [2.24, 2.45) is 11.8 Å². The van der Waals surface area contributed by atoms with Crippen molar-refractivity contribution in [1.29, 1.82) is 0 Å². The molecule has 18 heavy (non-hydrogen) atoms. The van der Waals surface area contributed by atoms with Crippen LogP contribution in [-0.4, -0.2) is 24.5 Å². The van der Waals surface area contributed by atoms with Gasteiger partial charge in [0.15, 0.2) is 0 Å². The number of hydrogen-bond donors (Lipinski definition) is 1. The van der Waals surface area contributed by atoms with Crippen LogP contribution in [0.1, 0.15) is 52.9 Å². The Morgan fingerprint density at radius 1 is 1.22 bits per heavy atom. The van der Waals surface area contributed by atoms with Crippen molar-refractivity contribution in [2.45, 2.75) is 58.9 Å². The van der Waals surface area contributed by atoms with Crippen LogP contribution >= 0.6 is 0 Å². The minimum Gasteiger partial charge on any atom is -0.466 e. The van der Waals surface area contributed by atoms with Crippen LogP contribution in [0.2, 0.25) is 0 Å². The number of esters is 1. The van der Waals surface area contributed by atoms with E-state index in [2.05, 4.69) is 19.2 Å². The van der Waals surface area contributed by atoms with Crippen LogP contribution in [0, 0.1) is 11.8 Å². The standard InChI is InChI=1S/C14H25NO3/c1-4-18-14(17)9-8-13(16)15-12-7-5-6-10(2)11(12)3/h10-12H,4-9H2,1-3H3,(H,15,16)/t10-,11+,12+/m1/s1. The molecular formula is C14H25NO3. The van der Waals surface area contributed by atoms with E-state index in [1.165, 1.54) is 12.8 Å². The molecule has 104 valence electrons. The second kappa shape index (κ2) is 7.39. The highest BCUT2D eigenvalue weighted by atomic mass is 16.5. The largest absolute Gasteiger partial charge is 0.466 e. The lowest BCUT2D eigenvalue weighted by Crippen LogP contribution is -2.43. The maximum atomic E-state index is 11.8. The normalized spacial score (nSPS) is 27.6. The van der Waals surface area contributed by atoms with E-state index >= 15 is 0 Å². The molecule has 1 N–H and O–H groups in total. The van der Waals surface area contributed by atoms with Crippen molar-refractivity contribution < 1.29 is 14.3 Å². The fourth-order valence-electron chi connectivity index (χ4n) is 2.51. The minimum atomic E-state index is -0.294. The molecule has 4 nitrogen and oxygen atoms in total. The molecule has 0 aliphatic heterocycles. The zero-order chi connectivity index (χ0) is 13.5. The zero-order valence-corrected chi connectivity index (χ0v) is 11.7. The van der Waals surface area contributed by atoms with E-state index < -0.39 is 0 Å². The van der Waals surface area contributed by atoms with Crippen LogP contribution in [0.5, 0.6) is 0 Å². The lowest BCUT2D eigenvalue weighted by atomic mass is 9.78. The molecule has 1 rings (SSSR count). The smallest absolute Gasteiger partial charge is 0.306 e. The fourth-order valence-corrected chi connectivity index (χ4v) is 2.51. The Kier molecular flexibility index (Phi) is 6.16. The Balaban J connectivity index is 2.29. The second-order valence-corrected chi connectivity index (χ2v) is 5.25. The summed E-state index contributed by atoms with van der Waals surface area (Å²) in [5.41, 5.74) is 0. The summed E-state index contributed by atoms with van der Waals surface area (Å²) < 4.78 is 4.80. The molecule has 1 amide bonds. The van der Waals surface area contributed by atoms with Crippen molar-refractivity contribution in [1.82, 2.24) is 5.32 Å². The highest BCUT2D eigenvalue weighted by Gasteiger charge is 2.28. The van der Waals surface area contributed by atoms with Gasteiger partial charge in [-0.3, -0.25) is 9.59 Å². The average Bonchev–Trinajstić information content (AvgIpc) is 2.33. The summed E-state index contributed by atoms with van der Waals surface area (Å²) in [4.78, 5) is 22.9. The van der Waals surface area contributed by atoms with Gasteiger partial charge in [-0.15, -0.1) is 0 Å². The third-order valence-corrected chi connectivity index (χ3v) is 3.91. The van der Waals surface area contributed by atoms with E-state index in [0.29, 0.717) is 18.4 Å². The molecule has 1 fully saturated rings. The molecule has 0 aromatic carbocycles. The summed E-state index contributed by atoms with van der Waals surface area (Å²) in [6.07, 6.45) is 3.88. The van der Waals surface area contributed by atoms with Crippen molar-refractivity contribution in [3.8, 4) is 0 Å². The summed E-state index contributed by atoms with van der Waals surface area (Å²) in [5.74, 6) is 0.853. The van der Waals surface area contributed by atoms with Crippen molar-refractivity contribution >= 4 is 11.9 Å². The maximum absolute atomic E-state index is 11.8. The molecular weight excluding hydrogens is 230 g/mol. The predicted octanol–water partition coefficient (Wildman–Crippen LogP) is 2.27. The first-order valence-electron chi connectivity index (χ1n) is 6.99. The van der Waals surface area contributed by atoms with E-state index in [-0.39, 0.29) is 30.8 Å². The predicted molar refractivity (Wildman–Crippen MR) is 70.0 cm³/mol. The quantitative estimate of drug-likeness (QED) is 0.767. The fraction of sp³-hybridized carbons (Fsp3) is 0.857. The summed E-state index contributed by atoms with van der Waals surface area (Å²) in [6, 6.07) is 0.267. The number of rotatable bonds is 5. The topological polar surface area (TPSA) is 55.4 Å². The Morgan fingerprint density at radius 2 is 1.94 bits per heavy atom. The highest BCUT2D eigenvalue weighted by Crippen LogP contribution is 2.29. The highest BCUT2D eigenvalue weighted by molar-refractivity contribution is 5.81. The van der Waals surface area contributed by atoms with Crippen molar-refractivity contribution in [3.63, 3.8) is 0 Å². The van der Waals surface area contributed by atoms with Gasteiger partial charge in [0.05, 0.1) is 13.0 Å². The molecule has 0 heterocycles. The van der Waals surface area contributed by atoms with Crippen LogP contribution in [0.25, 0.3) is 0 Å². The molecule has 1 saturated carbocycles. The summed E-state index contributed by atoms with van der Waals surface area (Å²) >= 11 is 0. The van der Waals surface area contributed by atoms with E-state index in [9.17, 15) is 9.59 Å². The molecule has 0 bridgehead atoms. The van der Waals surface area contributed by atoms with Gasteiger partial charge < -0.3 is 10.1 Å². The third-order valence-electron chi connectivity index (χ3n) is 3.91. The number of amides is 1. The summed E-state index contributed by atoms with van der Waals surface area (Å²) in [5, 5.41) is 3.05. The van der Waals surface area contributed by atoms with Gasteiger partial charge in [0.25, 0.3) is 0 Å². The first-order chi connectivity index (χ1) is 8.54. The van der Waals surface area contributed by atoms with E-state index in [1.54, 1.807) is 6.92 Å². The van der Waals surface area contributed by atoms with Gasteiger partial charge in [-0.2, -0.15) is 0 Å². The molecule has 1 aliphatic rings. The molecule has 0 aromatic rings. The van der Waals surface area contributed by atoms with Crippen LogP contribution in [0.3, 0.4) is 0 Å². The van der Waals surface area contributed by atoms with E-state index in [1.807, 2.05) is 0 Å². The number of nitrogens with one attached hydrogen (secondary N) is 1. The van der Waals surface area contributed by atoms with Gasteiger partial charge in [0.1, 0.15) is 0 Å². The monoisotopic (exact) mass is 255 g/mol. The van der Waals surface area contributed by atoms with E-state index in [0.717, 1.165) is 6.42 Å². The lowest BCUT2D eigenvalue weighted by Gasteiger charge is -2.34. The molecule has 3 atom stereocenters. The molecule has 0 spiro atoms. The van der Waals surface area contributed by atoms with Gasteiger partial charge in [-0.1, -0.05) is 26.7 Å². The molecule has 0 radical (unpaired) electrons. The van der Waals surface area contributed by atoms with Crippen LogP contribution in [0.15, 0.2) is 0 Å². The first-order valence-corrected chi connectivity index (χ1v) is 6.99. The Bertz CT molecular complexity index is 291. The van der Waals surface area contributed by atoms with Gasteiger partial charge >= 0.3 is 5.97 Å². The Labute approximate surface area is 109 Å². The van der Waals surface area contributed by atoms with Gasteiger partial charge in [-0.25, -0.2) is 0 Å². The molecule has 4 heteroatoms. The average molecular weight is 255 g/mol. The second-order valence-electron chi connectivity index (χ2n) is 5.25. The van der Waals surface area contributed by atoms with Gasteiger partial charge in [-0.05, 0) is 25.2 Å². The van der Waals surface area contributed by atoms with Crippen LogP contribution < -0.4 is 5.32 Å². The lowest BCUT2D eigenvalue weighted by molar-refractivity contribution is -0.144. The van der Waals surface area contributed by atoms with Crippen LogP contribution in [-0.2, 0) is 14.3 Å². The van der Waals surface area contributed by atoms with Gasteiger partial charge in [0, 0.05) is 12.5 Å². The Morgan fingerprint density at radius 3 is 2.61 bits per heavy atom. The molecule has 0 saturated heterocycles. The number of carbonyl (C=O) groups excluding carboxylic acids is 2. The van der Waals surface area contributed by atoms with Crippen LogP contribution in [0.4, 0.5) is 0 Å². The zero-order valence-electron chi connectivity index (χ0n) is 11.7. The molecule has 0 unspecified atom stereocenters. The first kappa shape index (κ1) is 15.0. The SMILES string of the molecule is CCOC(=O)CCC(=O)N[C@H]1CCC[C@@H](C)[C@@H]1C. The number of carbonyl (C=O) groups is 2. The maximum Gasteiger partial charge on any atom is 0.306 e. The Hall–Kier alpha value is -1.06. The minimum absolute atomic E-state index is 0.0333. The van der Waals surface area contributed by atoms with Crippen molar-refractivity contribution in [3.05, 3.63) is 0 Å². The molecule has 1 aliphatic carbocycles. The third kappa shape index (κ3) is 4.67.